The molecule has 5 heteroatoms. The number of aromatic nitrogens is 3. The van der Waals surface area contributed by atoms with E-state index in [0.29, 0.717) is 6.54 Å². The summed E-state index contributed by atoms with van der Waals surface area (Å²) in [5.41, 5.74) is 6.52. The summed E-state index contributed by atoms with van der Waals surface area (Å²) in [4.78, 5) is 11.8. The van der Waals surface area contributed by atoms with Gasteiger partial charge in [-0.15, -0.1) is 0 Å². The van der Waals surface area contributed by atoms with Crippen LogP contribution in [0.4, 0.5) is 5.82 Å². The van der Waals surface area contributed by atoms with Crippen molar-refractivity contribution in [3.8, 4) is 0 Å². The van der Waals surface area contributed by atoms with Crippen LogP contribution in [0, 0.1) is 6.92 Å². The van der Waals surface area contributed by atoms with Gasteiger partial charge in [-0.2, -0.15) is 0 Å². The van der Waals surface area contributed by atoms with Crippen LogP contribution < -0.4 is 11.1 Å². The van der Waals surface area contributed by atoms with Crippen molar-refractivity contribution in [1.29, 1.82) is 0 Å². The molecule has 4 N–H and O–H groups in total. The lowest BCUT2D eigenvalue weighted by molar-refractivity contribution is 0.548. The molecule has 2 aromatic rings. The molecule has 0 spiro atoms. The Balaban J connectivity index is 2.32. The maximum absolute atomic E-state index is 5.93. The van der Waals surface area contributed by atoms with E-state index in [1.807, 2.05) is 33.0 Å². The first-order chi connectivity index (χ1) is 7.46. The molecule has 0 saturated carbocycles. The summed E-state index contributed by atoms with van der Waals surface area (Å²) in [7, 11) is 0. The molecule has 2 heterocycles. The minimum atomic E-state index is -0.262. The molecule has 0 saturated heterocycles. The van der Waals surface area contributed by atoms with Gasteiger partial charge in [-0.25, -0.2) is 9.97 Å². The third-order valence-corrected chi connectivity index (χ3v) is 2.24. The van der Waals surface area contributed by atoms with Crippen molar-refractivity contribution in [3.05, 3.63) is 18.1 Å². The molecule has 0 aliphatic heterocycles. The normalized spacial score (nSPS) is 12.0. The predicted molar refractivity (Wildman–Crippen MR) is 65.4 cm³/mol. The van der Waals surface area contributed by atoms with Crippen LogP contribution in [0.1, 0.15) is 19.7 Å². The molecule has 16 heavy (non-hydrogen) atoms. The third kappa shape index (κ3) is 2.30. The minimum Gasteiger partial charge on any atom is -0.368 e. The maximum atomic E-state index is 5.93. The van der Waals surface area contributed by atoms with Gasteiger partial charge in [0.05, 0.1) is 5.39 Å². The highest BCUT2D eigenvalue weighted by Gasteiger charge is 2.12. The van der Waals surface area contributed by atoms with Gasteiger partial charge in [0.15, 0.2) is 0 Å². The summed E-state index contributed by atoms with van der Waals surface area (Å²) >= 11 is 0. The Morgan fingerprint density at radius 2 is 2.19 bits per heavy atom. The van der Waals surface area contributed by atoms with Crippen LogP contribution in [0.25, 0.3) is 11.0 Å². The Morgan fingerprint density at radius 1 is 1.44 bits per heavy atom. The molecule has 2 rings (SSSR count). The second kappa shape index (κ2) is 3.75. The smallest absolute Gasteiger partial charge is 0.143 e. The van der Waals surface area contributed by atoms with E-state index < -0.39 is 0 Å². The summed E-state index contributed by atoms with van der Waals surface area (Å²) < 4.78 is 0. The Hall–Kier alpha value is -1.62. The van der Waals surface area contributed by atoms with E-state index in [2.05, 4.69) is 20.3 Å². The van der Waals surface area contributed by atoms with E-state index in [1.54, 1.807) is 0 Å². The van der Waals surface area contributed by atoms with E-state index in [9.17, 15) is 0 Å². The molecule has 0 radical (unpaired) electrons. The van der Waals surface area contributed by atoms with Crippen molar-refractivity contribution < 1.29 is 0 Å². The van der Waals surface area contributed by atoms with Crippen LogP contribution in [0.15, 0.2) is 12.3 Å². The topological polar surface area (TPSA) is 79.6 Å². The number of hydrogen-bond donors (Lipinski definition) is 3. The molecule has 0 aliphatic carbocycles. The van der Waals surface area contributed by atoms with Crippen molar-refractivity contribution in [1.82, 2.24) is 15.0 Å². The van der Waals surface area contributed by atoms with Crippen molar-refractivity contribution in [2.24, 2.45) is 5.73 Å². The molecule has 2 aromatic heterocycles. The molecule has 0 bridgehead atoms. The average molecular weight is 219 g/mol. The van der Waals surface area contributed by atoms with Gasteiger partial charge < -0.3 is 16.0 Å². The fourth-order valence-electron chi connectivity index (χ4n) is 1.50. The second-order valence-electron chi connectivity index (χ2n) is 4.70. The monoisotopic (exact) mass is 219 g/mol. The van der Waals surface area contributed by atoms with Crippen LogP contribution in [-0.2, 0) is 0 Å². The van der Waals surface area contributed by atoms with Gasteiger partial charge >= 0.3 is 0 Å². The van der Waals surface area contributed by atoms with Gasteiger partial charge in [-0.3, -0.25) is 0 Å². The van der Waals surface area contributed by atoms with E-state index >= 15 is 0 Å². The van der Waals surface area contributed by atoms with E-state index in [4.69, 9.17) is 5.73 Å². The molecule has 0 aromatic carbocycles. The molecule has 0 atom stereocenters. The maximum Gasteiger partial charge on any atom is 0.143 e. The summed E-state index contributed by atoms with van der Waals surface area (Å²) in [6.07, 6.45) is 1.86. The van der Waals surface area contributed by atoms with Gasteiger partial charge in [-0.1, -0.05) is 0 Å². The van der Waals surface area contributed by atoms with Gasteiger partial charge in [0.1, 0.15) is 17.3 Å². The van der Waals surface area contributed by atoms with Crippen LogP contribution in [0.3, 0.4) is 0 Å². The van der Waals surface area contributed by atoms with Gasteiger partial charge in [0.2, 0.25) is 0 Å². The van der Waals surface area contributed by atoms with Crippen molar-refractivity contribution >= 4 is 16.9 Å². The van der Waals surface area contributed by atoms with Crippen molar-refractivity contribution in [2.45, 2.75) is 26.3 Å². The first-order valence-electron chi connectivity index (χ1n) is 5.30. The van der Waals surface area contributed by atoms with Crippen LogP contribution in [0.5, 0.6) is 0 Å². The zero-order valence-corrected chi connectivity index (χ0v) is 9.83. The molecular weight excluding hydrogens is 202 g/mol. The SMILES string of the molecule is Cc1nc(NCC(C)(C)N)c2cc[nH]c2n1. The summed E-state index contributed by atoms with van der Waals surface area (Å²) in [5.74, 6) is 1.58. The first kappa shape index (κ1) is 10.9. The number of H-pyrrole nitrogens is 1. The Labute approximate surface area is 94.5 Å². The lowest BCUT2D eigenvalue weighted by Gasteiger charge is -2.19. The predicted octanol–water partition coefficient (Wildman–Crippen LogP) is 1.42. The number of rotatable bonds is 3. The van der Waals surface area contributed by atoms with Crippen molar-refractivity contribution in [2.75, 3.05) is 11.9 Å². The molecule has 0 unspecified atom stereocenters. The standard InChI is InChI=1S/C11H17N5/c1-7-15-9-8(4-5-13-9)10(16-7)14-6-11(2,3)12/h4-5H,6,12H2,1-3H3,(H2,13,14,15,16). The van der Waals surface area contributed by atoms with Crippen LogP contribution in [-0.4, -0.2) is 27.0 Å². The first-order valence-corrected chi connectivity index (χ1v) is 5.30. The second-order valence-corrected chi connectivity index (χ2v) is 4.70. The largest absolute Gasteiger partial charge is 0.368 e. The van der Waals surface area contributed by atoms with Crippen LogP contribution in [0.2, 0.25) is 0 Å². The number of nitrogens with two attached hydrogens (primary N) is 1. The fraction of sp³-hybridized carbons (Fsp3) is 0.455. The Morgan fingerprint density at radius 3 is 2.88 bits per heavy atom. The highest BCUT2D eigenvalue weighted by atomic mass is 15.1. The average Bonchev–Trinajstić information content (AvgIpc) is 2.60. The number of fused-ring (bicyclic) bond motifs is 1. The van der Waals surface area contributed by atoms with E-state index in [-0.39, 0.29) is 5.54 Å². The van der Waals surface area contributed by atoms with E-state index in [0.717, 1.165) is 22.7 Å². The van der Waals surface area contributed by atoms with E-state index in [1.165, 1.54) is 0 Å². The van der Waals surface area contributed by atoms with Crippen LogP contribution >= 0.6 is 0 Å². The highest BCUT2D eigenvalue weighted by molar-refractivity contribution is 5.86. The zero-order valence-electron chi connectivity index (χ0n) is 9.83. The summed E-state index contributed by atoms with van der Waals surface area (Å²) in [6, 6.07) is 1.96. The minimum absolute atomic E-state index is 0.262. The summed E-state index contributed by atoms with van der Waals surface area (Å²) in [5, 5.41) is 4.25. The molecule has 0 aliphatic rings. The lowest BCUT2D eigenvalue weighted by Crippen LogP contribution is -2.39. The van der Waals surface area contributed by atoms with Gasteiger partial charge in [-0.05, 0) is 26.8 Å². The number of nitrogens with zero attached hydrogens (tertiary/aromatic N) is 2. The zero-order chi connectivity index (χ0) is 11.8. The molecule has 0 fully saturated rings. The molecule has 5 nitrogen and oxygen atoms in total. The molecule has 86 valence electrons. The quantitative estimate of drug-likeness (QED) is 0.729. The number of hydrogen-bond acceptors (Lipinski definition) is 4. The van der Waals surface area contributed by atoms with Crippen molar-refractivity contribution in [3.63, 3.8) is 0 Å². The number of anilines is 1. The molecule has 0 amide bonds. The summed E-state index contributed by atoms with van der Waals surface area (Å²) in [6.45, 7) is 6.49. The highest BCUT2D eigenvalue weighted by Crippen LogP contribution is 2.19. The Bertz CT molecular complexity index is 495. The number of nitrogens with one attached hydrogen (secondary N) is 2. The Kier molecular flexibility index (Phi) is 2.55. The number of aryl methyl sites for hydroxylation is 1. The van der Waals surface area contributed by atoms with Gasteiger partial charge in [0.25, 0.3) is 0 Å². The number of aromatic amines is 1. The fourth-order valence-corrected chi connectivity index (χ4v) is 1.50. The third-order valence-electron chi connectivity index (χ3n) is 2.24. The van der Waals surface area contributed by atoms with Gasteiger partial charge in [0, 0.05) is 18.3 Å². The molecular formula is C11H17N5. The lowest BCUT2D eigenvalue weighted by atomic mass is 10.1.